The Morgan fingerprint density at radius 1 is 1.29 bits per heavy atom. The molecule has 1 heterocycles. The predicted octanol–water partition coefficient (Wildman–Crippen LogP) is 6.01. The molecule has 0 saturated heterocycles. The molecule has 4 atom stereocenters. The molecule has 3 rings (SSSR count). The van der Waals surface area contributed by atoms with Crippen molar-refractivity contribution in [3.8, 4) is 0 Å². The monoisotopic (exact) mass is 286 g/mol. The zero-order valence-electron chi connectivity index (χ0n) is 14.1. The number of furan rings is 1. The van der Waals surface area contributed by atoms with Crippen molar-refractivity contribution in [2.75, 3.05) is 0 Å². The van der Waals surface area contributed by atoms with E-state index in [1.54, 1.807) is 11.8 Å². The van der Waals surface area contributed by atoms with Gasteiger partial charge in [0.15, 0.2) is 0 Å². The lowest BCUT2D eigenvalue weighted by atomic mass is 9.47. The van der Waals surface area contributed by atoms with Gasteiger partial charge < -0.3 is 4.42 Å². The Morgan fingerprint density at radius 2 is 2.10 bits per heavy atom. The van der Waals surface area contributed by atoms with Crippen molar-refractivity contribution in [2.45, 2.75) is 66.2 Å². The molecule has 0 spiro atoms. The lowest BCUT2D eigenvalue weighted by Crippen LogP contribution is -2.49. The van der Waals surface area contributed by atoms with Crippen LogP contribution in [0.15, 0.2) is 34.7 Å². The predicted molar refractivity (Wildman–Crippen MR) is 88.1 cm³/mol. The highest BCUT2D eigenvalue weighted by molar-refractivity contribution is 5.21. The molecule has 116 valence electrons. The van der Waals surface area contributed by atoms with E-state index in [4.69, 9.17) is 4.42 Å². The van der Waals surface area contributed by atoms with Crippen molar-refractivity contribution in [2.24, 2.45) is 22.7 Å². The van der Waals surface area contributed by atoms with Crippen LogP contribution in [0.5, 0.6) is 0 Å². The number of aryl methyl sites for hydroxylation is 1. The van der Waals surface area contributed by atoms with E-state index in [2.05, 4.69) is 39.8 Å². The molecule has 0 N–H and O–H groups in total. The molecule has 0 unspecified atom stereocenters. The van der Waals surface area contributed by atoms with Crippen molar-refractivity contribution in [3.63, 3.8) is 0 Å². The number of hydrogen-bond donors (Lipinski definition) is 0. The van der Waals surface area contributed by atoms with Crippen LogP contribution in [0.1, 0.15) is 65.4 Å². The first-order valence-corrected chi connectivity index (χ1v) is 8.65. The number of hydrogen-bond acceptors (Lipinski definition) is 1. The highest BCUT2D eigenvalue weighted by Crippen LogP contribution is 2.61. The smallest absolute Gasteiger partial charge is 0.0934 e. The molecule has 1 aromatic heterocycles. The Bertz CT molecular complexity index is 512. The molecule has 2 aliphatic rings. The van der Waals surface area contributed by atoms with Crippen LogP contribution in [0, 0.1) is 22.7 Å². The summed E-state index contributed by atoms with van der Waals surface area (Å²) < 4.78 is 5.25. The lowest BCUT2D eigenvalue weighted by molar-refractivity contribution is -0.0466. The average Bonchev–Trinajstić information content (AvgIpc) is 2.97. The Labute approximate surface area is 129 Å². The van der Waals surface area contributed by atoms with Crippen LogP contribution in [-0.4, -0.2) is 0 Å². The van der Waals surface area contributed by atoms with Crippen LogP contribution < -0.4 is 0 Å². The van der Waals surface area contributed by atoms with Crippen LogP contribution in [0.3, 0.4) is 0 Å². The summed E-state index contributed by atoms with van der Waals surface area (Å²) in [5, 5.41) is 0. The fourth-order valence-corrected chi connectivity index (χ4v) is 5.18. The fraction of sp³-hybridized carbons (Fsp3) is 0.700. The third-order valence-corrected chi connectivity index (χ3v) is 7.13. The first kappa shape index (κ1) is 14.9. The normalized spacial score (nSPS) is 39.7. The molecule has 0 amide bonds. The van der Waals surface area contributed by atoms with E-state index in [9.17, 15) is 0 Å². The van der Waals surface area contributed by atoms with Gasteiger partial charge in [0.25, 0.3) is 0 Å². The molecule has 1 fully saturated rings. The van der Waals surface area contributed by atoms with E-state index in [1.165, 1.54) is 37.7 Å². The molecule has 0 aromatic carbocycles. The molecule has 21 heavy (non-hydrogen) atoms. The minimum atomic E-state index is 0.440. The maximum atomic E-state index is 5.25. The summed E-state index contributed by atoms with van der Waals surface area (Å²) in [4.78, 5) is 0. The lowest BCUT2D eigenvalue weighted by Gasteiger charge is -2.58. The highest BCUT2D eigenvalue weighted by atomic mass is 16.3. The summed E-state index contributed by atoms with van der Waals surface area (Å²) in [5.41, 5.74) is 3.91. The van der Waals surface area contributed by atoms with Crippen LogP contribution in [0.2, 0.25) is 0 Å². The number of fused-ring (bicyclic) bond motifs is 1. The van der Waals surface area contributed by atoms with Crippen molar-refractivity contribution in [1.29, 1.82) is 0 Å². The van der Waals surface area contributed by atoms with Gasteiger partial charge in [0, 0.05) is 0 Å². The van der Waals surface area contributed by atoms with E-state index >= 15 is 0 Å². The Morgan fingerprint density at radius 3 is 2.81 bits per heavy atom. The van der Waals surface area contributed by atoms with E-state index in [-0.39, 0.29) is 0 Å². The van der Waals surface area contributed by atoms with Crippen molar-refractivity contribution in [3.05, 3.63) is 35.8 Å². The van der Waals surface area contributed by atoms with Gasteiger partial charge in [-0.05, 0) is 79.7 Å². The molecule has 1 nitrogen and oxygen atoms in total. The molecular weight excluding hydrogens is 256 g/mol. The number of allylic oxidation sites excluding steroid dienone is 2. The first-order chi connectivity index (χ1) is 9.97. The van der Waals surface area contributed by atoms with Crippen molar-refractivity contribution >= 4 is 0 Å². The van der Waals surface area contributed by atoms with Gasteiger partial charge in [-0.2, -0.15) is 0 Å². The quantitative estimate of drug-likeness (QED) is 0.620. The second kappa shape index (κ2) is 5.34. The molecule has 1 aromatic rings. The van der Waals surface area contributed by atoms with Crippen molar-refractivity contribution < 1.29 is 4.42 Å². The van der Waals surface area contributed by atoms with Gasteiger partial charge in [-0.15, -0.1) is 0 Å². The third kappa shape index (κ3) is 2.39. The van der Waals surface area contributed by atoms with Gasteiger partial charge in [0.05, 0.1) is 12.5 Å². The van der Waals surface area contributed by atoms with Crippen molar-refractivity contribution in [1.82, 2.24) is 0 Å². The summed E-state index contributed by atoms with van der Waals surface area (Å²) >= 11 is 0. The summed E-state index contributed by atoms with van der Waals surface area (Å²) in [7, 11) is 0. The minimum Gasteiger partial charge on any atom is -0.472 e. The molecule has 1 heteroatoms. The third-order valence-electron chi connectivity index (χ3n) is 7.13. The summed E-state index contributed by atoms with van der Waals surface area (Å²) in [6, 6.07) is 2.13. The van der Waals surface area contributed by atoms with Crippen LogP contribution in [0.25, 0.3) is 0 Å². The summed E-state index contributed by atoms with van der Waals surface area (Å²) in [6.45, 7) is 9.96. The standard InChI is InChI=1S/C20H30O/c1-15-6-5-7-18-19(15,3)11-8-16(2)20(18,4)12-9-17-10-13-21-14-17/h6,10,13-14,16,18H,5,7-9,11-12H2,1-4H3/t16-,18-,19+,20-/m1/s1. The van der Waals surface area contributed by atoms with Gasteiger partial charge in [-0.3, -0.25) is 0 Å². The van der Waals surface area contributed by atoms with Gasteiger partial charge in [-0.25, -0.2) is 0 Å². The molecule has 1 saturated carbocycles. The summed E-state index contributed by atoms with van der Waals surface area (Å²) in [6.07, 6.45) is 14.1. The van der Waals surface area contributed by atoms with E-state index < -0.39 is 0 Å². The summed E-state index contributed by atoms with van der Waals surface area (Å²) in [5.74, 6) is 1.67. The number of rotatable bonds is 3. The van der Waals surface area contributed by atoms with Crippen LogP contribution >= 0.6 is 0 Å². The highest BCUT2D eigenvalue weighted by Gasteiger charge is 2.52. The largest absolute Gasteiger partial charge is 0.472 e. The first-order valence-electron chi connectivity index (χ1n) is 8.65. The maximum absolute atomic E-state index is 5.25. The molecular formula is C20H30O. The minimum absolute atomic E-state index is 0.440. The molecule has 0 bridgehead atoms. The fourth-order valence-electron chi connectivity index (χ4n) is 5.18. The van der Waals surface area contributed by atoms with Gasteiger partial charge in [-0.1, -0.05) is 32.4 Å². The zero-order valence-corrected chi connectivity index (χ0v) is 14.1. The van der Waals surface area contributed by atoms with E-state index in [0.717, 1.165) is 18.3 Å². The second-order valence-electron chi connectivity index (χ2n) is 8.01. The van der Waals surface area contributed by atoms with Crippen LogP contribution in [0.4, 0.5) is 0 Å². The Balaban J connectivity index is 1.85. The van der Waals surface area contributed by atoms with Gasteiger partial charge >= 0.3 is 0 Å². The Kier molecular flexibility index (Phi) is 3.80. The Hall–Kier alpha value is -0.980. The van der Waals surface area contributed by atoms with Crippen LogP contribution in [-0.2, 0) is 6.42 Å². The van der Waals surface area contributed by atoms with E-state index in [1.807, 2.05) is 6.26 Å². The van der Waals surface area contributed by atoms with E-state index in [0.29, 0.717) is 10.8 Å². The molecule has 2 aliphatic carbocycles. The zero-order chi connectivity index (χ0) is 15.1. The molecule has 0 aliphatic heterocycles. The van der Waals surface area contributed by atoms with Gasteiger partial charge in [0.1, 0.15) is 0 Å². The molecule has 0 radical (unpaired) electrons. The maximum Gasteiger partial charge on any atom is 0.0934 e. The average molecular weight is 286 g/mol. The second-order valence-corrected chi connectivity index (χ2v) is 8.01. The van der Waals surface area contributed by atoms with Gasteiger partial charge in [0.2, 0.25) is 0 Å². The SMILES string of the molecule is CC1=CCC[C@H]2[C@](C)(CCc3ccoc3)[C@H](C)CC[C@@]12C. The topological polar surface area (TPSA) is 13.1 Å².